The van der Waals surface area contributed by atoms with Gasteiger partial charge in [-0.25, -0.2) is 0 Å². The molecule has 0 saturated heterocycles. The minimum absolute atomic E-state index is 0.0475. The van der Waals surface area contributed by atoms with E-state index in [2.05, 4.69) is 4.98 Å². The van der Waals surface area contributed by atoms with Crippen molar-refractivity contribution in [1.29, 1.82) is 0 Å². The fraction of sp³-hybridized carbons (Fsp3) is 0.263. The number of carbonyl (C=O) groups excluding carboxylic acids is 1. The standard InChI is InChI=1S/C19H22N2O3/c1-21(19(22)7-6-15-5-4-9-20-14-15)10-8-16-11-17(23-2)13-18(12-16)24-3/h4-7,9,11-14H,8,10H2,1-3H3. The molecule has 0 aliphatic heterocycles. The monoisotopic (exact) mass is 326 g/mol. The number of hydrogen-bond acceptors (Lipinski definition) is 4. The Labute approximate surface area is 142 Å². The van der Waals surface area contributed by atoms with Crippen molar-refractivity contribution in [2.75, 3.05) is 27.8 Å². The molecule has 1 aromatic carbocycles. The first-order valence-corrected chi connectivity index (χ1v) is 7.67. The molecule has 0 bridgehead atoms. The molecule has 0 aliphatic carbocycles. The van der Waals surface area contributed by atoms with Gasteiger partial charge in [-0.3, -0.25) is 9.78 Å². The van der Waals surface area contributed by atoms with Crippen LogP contribution in [-0.4, -0.2) is 43.6 Å². The minimum atomic E-state index is -0.0475. The highest BCUT2D eigenvalue weighted by Crippen LogP contribution is 2.22. The molecule has 0 saturated carbocycles. The lowest BCUT2D eigenvalue weighted by molar-refractivity contribution is -0.124. The number of rotatable bonds is 7. The molecule has 1 aromatic heterocycles. The van der Waals surface area contributed by atoms with Crippen molar-refractivity contribution in [3.63, 3.8) is 0 Å². The average Bonchev–Trinajstić information content (AvgIpc) is 2.64. The number of hydrogen-bond donors (Lipinski definition) is 0. The summed E-state index contributed by atoms with van der Waals surface area (Å²) in [6.07, 6.45) is 7.46. The molecule has 0 N–H and O–H groups in total. The number of amides is 1. The number of nitrogens with zero attached hydrogens (tertiary/aromatic N) is 2. The molecule has 126 valence electrons. The molecule has 2 rings (SSSR count). The summed E-state index contributed by atoms with van der Waals surface area (Å²) in [5.74, 6) is 1.44. The third-order valence-corrected chi connectivity index (χ3v) is 3.63. The molecular weight excluding hydrogens is 304 g/mol. The number of ether oxygens (including phenoxy) is 2. The highest BCUT2D eigenvalue weighted by Gasteiger charge is 2.07. The molecule has 24 heavy (non-hydrogen) atoms. The van der Waals surface area contributed by atoms with Crippen LogP contribution in [-0.2, 0) is 11.2 Å². The maximum atomic E-state index is 12.2. The predicted molar refractivity (Wildman–Crippen MR) is 94.2 cm³/mol. The smallest absolute Gasteiger partial charge is 0.246 e. The van der Waals surface area contributed by atoms with E-state index in [-0.39, 0.29) is 5.91 Å². The summed E-state index contributed by atoms with van der Waals surface area (Å²) >= 11 is 0. The second-order valence-corrected chi connectivity index (χ2v) is 5.35. The van der Waals surface area contributed by atoms with Crippen LogP contribution < -0.4 is 9.47 Å². The van der Waals surface area contributed by atoms with Crippen LogP contribution in [0.3, 0.4) is 0 Å². The summed E-state index contributed by atoms with van der Waals surface area (Å²) in [6, 6.07) is 9.47. The van der Waals surface area contributed by atoms with E-state index in [1.54, 1.807) is 50.7 Å². The van der Waals surface area contributed by atoms with Gasteiger partial charge in [0, 0.05) is 38.1 Å². The summed E-state index contributed by atoms with van der Waals surface area (Å²) in [6.45, 7) is 0.604. The van der Waals surface area contributed by atoms with Crippen LogP contribution in [0.5, 0.6) is 11.5 Å². The molecule has 1 heterocycles. The molecule has 2 aromatic rings. The Morgan fingerprint density at radius 1 is 1.21 bits per heavy atom. The van der Waals surface area contributed by atoms with Gasteiger partial charge < -0.3 is 14.4 Å². The Bertz CT molecular complexity index is 677. The SMILES string of the molecule is COc1cc(CCN(C)C(=O)C=Cc2cccnc2)cc(OC)c1. The second kappa shape index (κ2) is 8.72. The third kappa shape index (κ3) is 5.12. The van der Waals surface area contributed by atoms with Crippen molar-refractivity contribution in [1.82, 2.24) is 9.88 Å². The van der Waals surface area contributed by atoms with Crippen LogP contribution in [0.4, 0.5) is 0 Å². The van der Waals surface area contributed by atoms with Crippen molar-refractivity contribution in [2.24, 2.45) is 0 Å². The Morgan fingerprint density at radius 2 is 1.92 bits per heavy atom. The molecule has 0 radical (unpaired) electrons. The van der Waals surface area contributed by atoms with Crippen molar-refractivity contribution in [2.45, 2.75) is 6.42 Å². The second-order valence-electron chi connectivity index (χ2n) is 5.35. The zero-order valence-corrected chi connectivity index (χ0v) is 14.2. The van der Waals surface area contributed by atoms with E-state index in [9.17, 15) is 4.79 Å². The summed E-state index contributed by atoms with van der Waals surface area (Å²) in [4.78, 5) is 17.8. The van der Waals surface area contributed by atoms with Crippen LogP contribution in [0, 0.1) is 0 Å². The molecule has 0 aliphatic rings. The number of likely N-dealkylation sites (N-methyl/N-ethyl adjacent to an activating group) is 1. The van der Waals surface area contributed by atoms with Gasteiger partial charge >= 0.3 is 0 Å². The average molecular weight is 326 g/mol. The van der Waals surface area contributed by atoms with Gasteiger partial charge in [-0.2, -0.15) is 0 Å². The number of pyridine rings is 1. The summed E-state index contributed by atoms with van der Waals surface area (Å²) < 4.78 is 10.5. The lowest BCUT2D eigenvalue weighted by Crippen LogP contribution is -2.27. The topological polar surface area (TPSA) is 51.7 Å². The van der Waals surface area contributed by atoms with Crippen LogP contribution in [0.25, 0.3) is 6.08 Å². The summed E-state index contributed by atoms with van der Waals surface area (Å²) in [5.41, 5.74) is 1.96. The van der Waals surface area contributed by atoms with Gasteiger partial charge in [-0.05, 0) is 41.8 Å². The van der Waals surface area contributed by atoms with Gasteiger partial charge in [0.1, 0.15) is 11.5 Å². The third-order valence-electron chi connectivity index (χ3n) is 3.63. The highest BCUT2D eigenvalue weighted by atomic mass is 16.5. The summed E-state index contributed by atoms with van der Waals surface area (Å²) in [7, 11) is 5.03. The molecule has 1 amide bonds. The maximum Gasteiger partial charge on any atom is 0.246 e. The molecule has 0 atom stereocenters. The predicted octanol–water partition coefficient (Wildman–Crippen LogP) is 2.81. The summed E-state index contributed by atoms with van der Waals surface area (Å²) in [5, 5.41) is 0. The normalized spacial score (nSPS) is 10.6. The van der Waals surface area contributed by atoms with Crippen molar-refractivity contribution < 1.29 is 14.3 Å². The first-order valence-electron chi connectivity index (χ1n) is 7.67. The number of aromatic nitrogens is 1. The molecule has 5 nitrogen and oxygen atoms in total. The lowest BCUT2D eigenvalue weighted by Gasteiger charge is -2.16. The van der Waals surface area contributed by atoms with E-state index < -0.39 is 0 Å². The Kier molecular flexibility index (Phi) is 6.37. The van der Waals surface area contributed by atoms with E-state index >= 15 is 0 Å². The van der Waals surface area contributed by atoms with Gasteiger partial charge in [0.2, 0.25) is 5.91 Å². The molecular formula is C19H22N2O3. The minimum Gasteiger partial charge on any atom is -0.497 e. The fourth-order valence-corrected chi connectivity index (χ4v) is 2.19. The number of methoxy groups -OCH3 is 2. The Hall–Kier alpha value is -2.82. The van der Waals surface area contributed by atoms with Gasteiger partial charge in [0.25, 0.3) is 0 Å². The number of benzene rings is 1. The Morgan fingerprint density at radius 3 is 2.50 bits per heavy atom. The zero-order chi connectivity index (χ0) is 17.4. The highest BCUT2D eigenvalue weighted by molar-refractivity contribution is 5.91. The van der Waals surface area contributed by atoms with Crippen LogP contribution in [0.2, 0.25) is 0 Å². The molecule has 0 fully saturated rings. The van der Waals surface area contributed by atoms with E-state index in [0.717, 1.165) is 29.0 Å². The Balaban J connectivity index is 1.93. The van der Waals surface area contributed by atoms with E-state index in [4.69, 9.17) is 9.47 Å². The maximum absolute atomic E-state index is 12.2. The van der Waals surface area contributed by atoms with Crippen molar-refractivity contribution in [3.8, 4) is 11.5 Å². The van der Waals surface area contributed by atoms with Crippen LogP contribution in [0.15, 0.2) is 48.8 Å². The largest absolute Gasteiger partial charge is 0.497 e. The van der Waals surface area contributed by atoms with Gasteiger partial charge in [-0.1, -0.05) is 6.07 Å². The molecule has 5 heteroatoms. The first-order chi connectivity index (χ1) is 11.6. The van der Waals surface area contributed by atoms with Crippen LogP contribution >= 0.6 is 0 Å². The zero-order valence-electron chi connectivity index (χ0n) is 14.2. The van der Waals surface area contributed by atoms with Crippen LogP contribution in [0.1, 0.15) is 11.1 Å². The van der Waals surface area contributed by atoms with Gasteiger partial charge in [-0.15, -0.1) is 0 Å². The van der Waals surface area contributed by atoms with Crippen molar-refractivity contribution in [3.05, 3.63) is 59.9 Å². The first kappa shape index (κ1) is 17.5. The lowest BCUT2D eigenvalue weighted by atomic mass is 10.1. The van der Waals surface area contributed by atoms with E-state index in [1.807, 2.05) is 30.3 Å². The van der Waals surface area contributed by atoms with E-state index in [0.29, 0.717) is 6.54 Å². The van der Waals surface area contributed by atoms with Gasteiger partial charge in [0.05, 0.1) is 14.2 Å². The fourth-order valence-electron chi connectivity index (χ4n) is 2.19. The van der Waals surface area contributed by atoms with E-state index in [1.165, 1.54) is 0 Å². The quantitative estimate of drug-likeness (QED) is 0.734. The van der Waals surface area contributed by atoms with Crippen molar-refractivity contribution >= 4 is 12.0 Å². The molecule has 0 unspecified atom stereocenters. The number of carbonyl (C=O) groups is 1. The van der Waals surface area contributed by atoms with Gasteiger partial charge in [0.15, 0.2) is 0 Å². The molecule has 0 spiro atoms.